The number of nitrogens with two attached hydrogens (primary N) is 2. The Labute approximate surface area is 118 Å². The fraction of sp³-hybridized carbons (Fsp3) is 0.429. The molecule has 108 valence electrons. The van der Waals surface area contributed by atoms with Crippen LogP contribution in [-0.4, -0.2) is 36.3 Å². The largest absolute Gasteiger partial charge is 0.399 e. The van der Waals surface area contributed by atoms with Crippen LogP contribution < -0.4 is 16.8 Å². The van der Waals surface area contributed by atoms with Gasteiger partial charge in [0.1, 0.15) is 0 Å². The molecule has 1 unspecified atom stereocenters. The van der Waals surface area contributed by atoms with E-state index >= 15 is 0 Å². The molecule has 6 nitrogen and oxygen atoms in total. The molecule has 20 heavy (non-hydrogen) atoms. The molecule has 0 bridgehead atoms. The minimum absolute atomic E-state index is 0.0442. The van der Waals surface area contributed by atoms with Crippen molar-refractivity contribution in [3.63, 3.8) is 0 Å². The Hall–Kier alpha value is -2.08. The van der Waals surface area contributed by atoms with Gasteiger partial charge in [0.05, 0.1) is 5.92 Å². The van der Waals surface area contributed by atoms with Gasteiger partial charge in [-0.3, -0.25) is 9.59 Å². The summed E-state index contributed by atoms with van der Waals surface area (Å²) in [6, 6.07) is 7.03. The minimum Gasteiger partial charge on any atom is -0.399 e. The van der Waals surface area contributed by atoms with E-state index < -0.39 is 0 Å². The Morgan fingerprint density at radius 2 is 2.00 bits per heavy atom. The highest BCUT2D eigenvalue weighted by atomic mass is 16.2. The second-order valence-electron chi connectivity index (χ2n) is 5.11. The van der Waals surface area contributed by atoms with Gasteiger partial charge in [-0.1, -0.05) is 0 Å². The Bertz CT molecular complexity index is 486. The van der Waals surface area contributed by atoms with Crippen molar-refractivity contribution in [2.45, 2.75) is 12.8 Å². The maximum absolute atomic E-state index is 11.8. The van der Waals surface area contributed by atoms with Gasteiger partial charge in [0.25, 0.3) is 0 Å². The van der Waals surface area contributed by atoms with Crippen molar-refractivity contribution in [1.82, 2.24) is 4.90 Å². The standard InChI is InChI=1S/C14H20N4O2/c15-11-1-3-12(4-2-11)17-13(19)6-8-18-7-5-10(9-18)14(16)20/h1-4,10H,5-9,15H2,(H2,16,20)(H,17,19). The quantitative estimate of drug-likeness (QED) is 0.678. The number of nitrogens with one attached hydrogen (secondary N) is 1. The van der Waals surface area contributed by atoms with E-state index in [2.05, 4.69) is 10.2 Å². The summed E-state index contributed by atoms with van der Waals surface area (Å²) in [5.41, 5.74) is 12.3. The van der Waals surface area contributed by atoms with Crippen LogP contribution in [0, 0.1) is 5.92 Å². The lowest BCUT2D eigenvalue weighted by Crippen LogP contribution is -2.29. The van der Waals surface area contributed by atoms with Crippen LogP contribution in [0.3, 0.4) is 0 Å². The lowest BCUT2D eigenvalue weighted by atomic mass is 10.1. The van der Waals surface area contributed by atoms with E-state index in [0.29, 0.717) is 25.2 Å². The summed E-state index contributed by atoms with van der Waals surface area (Å²) in [7, 11) is 0. The second kappa shape index (κ2) is 6.38. The summed E-state index contributed by atoms with van der Waals surface area (Å²) in [5, 5.41) is 2.81. The van der Waals surface area contributed by atoms with Crippen molar-refractivity contribution in [1.29, 1.82) is 0 Å². The Morgan fingerprint density at radius 1 is 1.30 bits per heavy atom. The third-order valence-electron chi connectivity index (χ3n) is 3.52. The van der Waals surface area contributed by atoms with E-state index in [1.165, 1.54) is 0 Å². The summed E-state index contributed by atoms with van der Waals surface area (Å²) in [6.07, 6.45) is 1.19. The second-order valence-corrected chi connectivity index (χ2v) is 5.11. The van der Waals surface area contributed by atoms with Crippen molar-refractivity contribution in [2.24, 2.45) is 11.7 Å². The first-order chi connectivity index (χ1) is 9.54. The predicted octanol–water partition coefficient (Wildman–Crippen LogP) is 0.405. The number of benzene rings is 1. The average Bonchev–Trinajstić information content (AvgIpc) is 2.88. The highest BCUT2D eigenvalue weighted by molar-refractivity contribution is 5.91. The molecule has 0 aliphatic carbocycles. The molecule has 6 heteroatoms. The summed E-state index contributed by atoms with van der Waals surface area (Å²) in [4.78, 5) is 25.0. The molecule has 1 aliphatic rings. The van der Waals surface area contributed by atoms with E-state index in [4.69, 9.17) is 11.5 Å². The number of amides is 2. The van der Waals surface area contributed by atoms with Crippen LogP contribution in [0.4, 0.5) is 11.4 Å². The molecule has 1 fully saturated rings. The Balaban J connectivity index is 1.73. The molecule has 2 amide bonds. The van der Waals surface area contributed by atoms with Crippen molar-refractivity contribution < 1.29 is 9.59 Å². The molecule has 1 heterocycles. The van der Waals surface area contributed by atoms with Gasteiger partial charge in [0, 0.05) is 30.9 Å². The SMILES string of the molecule is NC(=O)C1CCN(CCC(=O)Nc2ccc(N)cc2)C1. The first-order valence-corrected chi connectivity index (χ1v) is 6.71. The van der Waals surface area contributed by atoms with E-state index in [9.17, 15) is 9.59 Å². The van der Waals surface area contributed by atoms with Crippen LogP contribution in [0.2, 0.25) is 0 Å². The number of nitrogens with zero attached hydrogens (tertiary/aromatic N) is 1. The van der Waals surface area contributed by atoms with Crippen LogP contribution in [0.25, 0.3) is 0 Å². The molecule has 1 aliphatic heterocycles. The summed E-state index contributed by atoms with van der Waals surface area (Å²) in [5.74, 6) is -0.369. The predicted molar refractivity (Wildman–Crippen MR) is 77.8 cm³/mol. The molecule has 5 N–H and O–H groups in total. The Morgan fingerprint density at radius 3 is 2.60 bits per heavy atom. The van der Waals surface area contributed by atoms with E-state index in [-0.39, 0.29) is 17.7 Å². The maximum Gasteiger partial charge on any atom is 0.225 e. The van der Waals surface area contributed by atoms with Crippen molar-refractivity contribution in [3.05, 3.63) is 24.3 Å². The molecule has 1 atom stereocenters. The zero-order valence-electron chi connectivity index (χ0n) is 11.3. The van der Waals surface area contributed by atoms with Crippen molar-refractivity contribution in [2.75, 3.05) is 30.7 Å². The average molecular weight is 276 g/mol. The van der Waals surface area contributed by atoms with Crippen LogP contribution in [0.5, 0.6) is 0 Å². The van der Waals surface area contributed by atoms with E-state index in [0.717, 1.165) is 18.7 Å². The van der Waals surface area contributed by atoms with Gasteiger partial charge in [0.2, 0.25) is 11.8 Å². The van der Waals surface area contributed by atoms with Crippen molar-refractivity contribution in [3.8, 4) is 0 Å². The van der Waals surface area contributed by atoms with Gasteiger partial charge in [-0.25, -0.2) is 0 Å². The summed E-state index contributed by atoms with van der Waals surface area (Å²) < 4.78 is 0. The van der Waals surface area contributed by atoms with Gasteiger partial charge < -0.3 is 21.7 Å². The molecule has 0 saturated carbocycles. The van der Waals surface area contributed by atoms with Crippen LogP contribution >= 0.6 is 0 Å². The molecule has 1 aromatic rings. The number of nitrogen functional groups attached to an aromatic ring is 1. The number of primary amides is 1. The van der Waals surface area contributed by atoms with Gasteiger partial charge in [0.15, 0.2) is 0 Å². The number of carbonyl (C=O) groups is 2. The normalized spacial score (nSPS) is 18.9. The van der Waals surface area contributed by atoms with Gasteiger partial charge in [-0.2, -0.15) is 0 Å². The molecule has 0 aromatic heterocycles. The minimum atomic E-state index is -0.251. The third kappa shape index (κ3) is 3.96. The molecule has 0 spiro atoms. The third-order valence-corrected chi connectivity index (χ3v) is 3.52. The van der Waals surface area contributed by atoms with Crippen LogP contribution in [-0.2, 0) is 9.59 Å². The maximum atomic E-state index is 11.8. The van der Waals surface area contributed by atoms with Gasteiger partial charge in [-0.05, 0) is 37.2 Å². The van der Waals surface area contributed by atoms with E-state index in [1.807, 2.05) is 0 Å². The van der Waals surface area contributed by atoms with Crippen LogP contribution in [0.1, 0.15) is 12.8 Å². The number of hydrogen-bond acceptors (Lipinski definition) is 4. The zero-order valence-corrected chi connectivity index (χ0v) is 11.3. The molecular weight excluding hydrogens is 256 g/mol. The van der Waals surface area contributed by atoms with Crippen LogP contribution in [0.15, 0.2) is 24.3 Å². The monoisotopic (exact) mass is 276 g/mol. The fourth-order valence-corrected chi connectivity index (χ4v) is 2.32. The topological polar surface area (TPSA) is 101 Å². The number of rotatable bonds is 5. The first-order valence-electron chi connectivity index (χ1n) is 6.71. The van der Waals surface area contributed by atoms with Gasteiger partial charge in [-0.15, -0.1) is 0 Å². The van der Waals surface area contributed by atoms with E-state index in [1.54, 1.807) is 24.3 Å². The number of hydrogen-bond donors (Lipinski definition) is 3. The van der Waals surface area contributed by atoms with Gasteiger partial charge >= 0.3 is 0 Å². The Kier molecular flexibility index (Phi) is 4.57. The first kappa shape index (κ1) is 14.3. The number of likely N-dealkylation sites (tertiary alicyclic amines) is 1. The molecular formula is C14H20N4O2. The number of anilines is 2. The lowest BCUT2D eigenvalue weighted by molar-refractivity contribution is -0.121. The smallest absolute Gasteiger partial charge is 0.225 e. The highest BCUT2D eigenvalue weighted by Gasteiger charge is 2.26. The lowest BCUT2D eigenvalue weighted by Gasteiger charge is -2.14. The number of carbonyl (C=O) groups excluding carboxylic acids is 2. The molecule has 1 aromatic carbocycles. The summed E-state index contributed by atoms with van der Waals surface area (Å²) in [6.45, 7) is 2.12. The summed E-state index contributed by atoms with van der Waals surface area (Å²) >= 11 is 0. The molecule has 1 saturated heterocycles. The zero-order chi connectivity index (χ0) is 14.5. The molecule has 2 rings (SSSR count). The fourth-order valence-electron chi connectivity index (χ4n) is 2.32. The molecule has 0 radical (unpaired) electrons. The van der Waals surface area contributed by atoms with Crippen molar-refractivity contribution >= 4 is 23.2 Å². The highest BCUT2D eigenvalue weighted by Crippen LogP contribution is 2.16.